The smallest absolute Gasteiger partial charge is 0.220 e. The van der Waals surface area contributed by atoms with E-state index < -0.39 is 0 Å². The third kappa shape index (κ3) is 5.52. The van der Waals surface area contributed by atoms with Crippen LogP contribution in [0, 0.1) is 11.6 Å². The van der Waals surface area contributed by atoms with Crippen molar-refractivity contribution in [1.29, 1.82) is 0 Å². The minimum atomic E-state index is -0.318. The van der Waals surface area contributed by atoms with Gasteiger partial charge in [-0.15, -0.1) is 0 Å². The lowest BCUT2D eigenvalue weighted by atomic mass is 10.1. The summed E-state index contributed by atoms with van der Waals surface area (Å²) in [6.45, 7) is 0.688. The topological polar surface area (TPSA) is 38.3 Å². The largest absolute Gasteiger partial charge is 0.492 e. The molecular formula is C17H17F2NO2. The number of hydrogen-bond donors (Lipinski definition) is 1. The highest BCUT2D eigenvalue weighted by atomic mass is 19.1. The molecule has 0 aliphatic carbocycles. The highest BCUT2D eigenvalue weighted by molar-refractivity contribution is 5.76. The Balaban J connectivity index is 1.61. The van der Waals surface area contributed by atoms with Crippen LogP contribution in [-0.4, -0.2) is 19.1 Å². The molecule has 0 fully saturated rings. The SMILES string of the molecule is O=C(CCc1ccc(F)cc1)NCCOc1ccc(F)cc1. The summed E-state index contributed by atoms with van der Waals surface area (Å²) in [5.41, 5.74) is 0.916. The van der Waals surface area contributed by atoms with Crippen LogP contribution in [0.15, 0.2) is 48.5 Å². The molecule has 3 nitrogen and oxygen atoms in total. The monoisotopic (exact) mass is 305 g/mol. The third-order valence-electron chi connectivity index (χ3n) is 3.06. The van der Waals surface area contributed by atoms with E-state index in [0.29, 0.717) is 31.7 Å². The van der Waals surface area contributed by atoms with Gasteiger partial charge in [-0.1, -0.05) is 12.1 Å². The van der Waals surface area contributed by atoms with Gasteiger partial charge in [0, 0.05) is 6.42 Å². The molecule has 0 saturated carbocycles. The quantitative estimate of drug-likeness (QED) is 0.798. The third-order valence-corrected chi connectivity index (χ3v) is 3.06. The van der Waals surface area contributed by atoms with Crippen LogP contribution >= 0.6 is 0 Å². The minimum absolute atomic E-state index is 0.0907. The van der Waals surface area contributed by atoms with Gasteiger partial charge in [-0.25, -0.2) is 8.78 Å². The molecule has 5 heteroatoms. The maximum atomic E-state index is 12.7. The number of hydrogen-bond acceptors (Lipinski definition) is 2. The van der Waals surface area contributed by atoms with Crippen molar-refractivity contribution in [2.45, 2.75) is 12.8 Å². The number of carbonyl (C=O) groups excluding carboxylic acids is 1. The summed E-state index contributed by atoms with van der Waals surface area (Å²) in [5, 5.41) is 2.73. The van der Waals surface area contributed by atoms with E-state index in [1.807, 2.05) is 0 Å². The van der Waals surface area contributed by atoms with E-state index in [1.54, 1.807) is 12.1 Å². The second-order valence-electron chi connectivity index (χ2n) is 4.78. The van der Waals surface area contributed by atoms with Gasteiger partial charge < -0.3 is 10.1 Å². The van der Waals surface area contributed by atoms with E-state index in [2.05, 4.69) is 5.32 Å². The summed E-state index contributed by atoms with van der Waals surface area (Å²) in [6.07, 6.45) is 0.896. The lowest BCUT2D eigenvalue weighted by Gasteiger charge is -2.08. The number of halogens is 2. The Hall–Kier alpha value is -2.43. The molecule has 116 valence electrons. The number of benzene rings is 2. The van der Waals surface area contributed by atoms with Crippen LogP contribution in [0.1, 0.15) is 12.0 Å². The average molecular weight is 305 g/mol. The van der Waals surface area contributed by atoms with Gasteiger partial charge in [0.15, 0.2) is 0 Å². The first-order valence-corrected chi connectivity index (χ1v) is 7.03. The Morgan fingerprint density at radius 1 is 0.955 bits per heavy atom. The van der Waals surface area contributed by atoms with Crippen molar-refractivity contribution in [2.24, 2.45) is 0 Å². The number of carbonyl (C=O) groups is 1. The number of rotatable bonds is 7. The first-order chi connectivity index (χ1) is 10.6. The van der Waals surface area contributed by atoms with E-state index in [4.69, 9.17) is 4.74 Å². The highest BCUT2D eigenvalue weighted by Crippen LogP contribution is 2.10. The molecular weight excluding hydrogens is 288 g/mol. The second kappa shape index (κ2) is 8.12. The van der Waals surface area contributed by atoms with Gasteiger partial charge in [-0.3, -0.25) is 4.79 Å². The van der Waals surface area contributed by atoms with Crippen LogP contribution in [0.5, 0.6) is 5.75 Å². The lowest BCUT2D eigenvalue weighted by Crippen LogP contribution is -2.28. The molecule has 2 aromatic rings. The molecule has 0 bridgehead atoms. The molecule has 2 rings (SSSR count). The summed E-state index contributed by atoms with van der Waals surface area (Å²) in [4.78, 5) is 11.6. The van der Waals surface area contributed by atoms with Crippen LogP contribution in [0.25, 0.3) is 0 Å². The minimum Gasteiger partial charge on any atom is -0.492 e. The van der Waals surface area contributed by atoms with Crippen molar-refractivity contribution in [3.8, 4) is 5.75 Å². The second-order valence-corrected chi connectivity index (χ2v) is 4.78. The molecule has 22 heavy (non-hydrogen) atoms. The Morgan fingerprint density at radius 3 is 2.18 bits per heavy atom. The molecule has 0 saturated heterocycles. The van der Waals surface area contributed by atoms with Crippen molar-refractivity contribution in [1.82, 2.24) is 5.32 Å². The maximum absolute atomic E-state index is 12.7. The normalized spacial score (nSPS) is 10.3. The summed E-state index contributed by atoms with van der Waals surface area (Å²) >= 11 is 0. The highest BCUT2D eigenvalue weighted by Gasteiger charge is 2.02. The van der Waals surface area contributed by atoms with Gasteiger partial charge >= 0.3 is 0 Å². The molecule has 0 heterocycles. The maximum Gasteiger partial charge on any atom is 0.220 e. The average Bonchev–Trinajstić information content (AvgIpc) is 2.53. The molecule has 0 radical (unpaired) electrons. The Labute approximate surface area is 127 Å². The fourth-order valence-corrected chi connectivity index (χ4v) is 1.89. The zero-order valence-electron chi connectivity index (χ0n) is 12.0. The van der Waals surface area contributed by atoms with Crippen LogP contribution in [0.4, 0.5) is 8.78 Å². The molecule has 2 aromatic carbocycles. The van der Waals surface area contributed by atoms with Crippen LogP contribution in [-0.2, 0) is 11.2 Å². The molecule has 0 aromatic heterocycles. The van der Waals surface area contributed by atoms with Gasteiger partial charge in [-0.05, 0) is 48.4 Å². The van der Waals surface area contributed by atoms with Gasteiger partial charge in [0.05, 0.1) is 6.54 Å². The number of amides is 1. The predicted molar refractivity (Wildman–Crippen MR) is 79.6 cm³/mol. The number of nitrogens with one attached hydrogen (secondary N) is 1. The summed E-state index contributed by atoms with van der Waals surface area (Å²) in [6, 6.07) is 11.8. The van der Waals surface area contributed by atoms with Gasteiger partial charge in [-0.2, -0.15) is 0 Å². The Kier molecular flexibility index (Phi) is 5.89. The van der Waals surface area contributed by atoms with Crippen molar-refractivity contribution in [3.05, 3.63) is 65.7 Å². The first kappa shape index (κ1) is 15.9. The predicted octanol–water partition coefficient (Wildman–Crippen LogP) is 3.09. The number of ether oxygens (including phenoxy) is 1. The molecule has 1 N–H and O–H groups in total. The van der Waals surface area contributed by atoms with E-state index >= 15 is 0 Å². The summed E-state index contributed by atoms with van der Waals surface area (Å²) in [7, 11) is 0. The van der Waals surface area contributed by atoms with Gasteiger partial charge in [0.25, 0.3) is 0 Å². The fraction of sp³-hybridized carbons (Fsp3) is 0.235. The fourth-order valence-electron chi connectivity index (χ4n) is 1.89. The van der Waals surface area contributed by atoms with Gasteiger partial charge in [0.1, 0.15) is 24.0 Å². The molecule has 1 amide bonds. The lowest BCUT2D eigenvalue weighted by molar-refractivity contribution is -0.121. The van der Waals surface area contributed by atoms with E-state index in [-0.39, 0.29) is 17.5 Å². The Morgan fingerprint density at radius 2 is 1.55 bits per heavy atom. The zero-order valence-corrected chi connectivity index (χ0v) is 12.0. The number of aryl methyl sites for hydroxylation is 1. The summed E-state index contributed by atoms with van der Waals surface area (Å²) < 4.78 is 30.8. The van der Waals surface area contributed by atoms with Crippen LogP contribution < -0.4 is 10.1 Å². The zero-order chi connectivity index (χ0) is 15.8. The van der Waals surface area contributed by atoms with Crippen LogP contribution in [0.2, 0.25) is 0 Å². The molecule has 0 spiro atoms. The van der Waals surface area contributed by atoms with E-state index in [1.165, 1.54) is 36.4 Å². The molecule has 0 aliphatic heterocycles. The standard InChI is InChI=1S/C17H17F2NO2/c18-14-4-1-13(2-5-14)3-10-17(21)20-11-12-22-16-8-6-15(19)7-9-16/h1-2,4-9H,3,10-12H2,(H,20,21). The molecule has 0 unspecified atom stereocenters. The van der Waals surface area contributed by atoms with Crippen molar-refractivity contribution in [2.75, 3.05) is 13.2 Å². The molecule has 0 atom stereocenters. The molecule has 0 aliphatic rings. The summed E-state index contributed by atoms with van der Waals surface area (Å²) in [5.74, 6) is -0.137. The Bertz CT molecular complexity index is 597. The van der Waals surface area contributed by atoms with Gasteiger partial charge in [0.2, 0.25) is 5.91 Å². The van der Waals surface area contributed by atoms with E-state index in [0.717, 1.165) is 5.56 Å². The van der Waals surface area contributed by atoms with Crippen molar-refractivity contribution in [3.63, 3.8) is 0 Å². The van der Waals surface area contributed by atoms with E-state index in [9.17, 15) is 13.6 Å². The van der Waals surface area contributed by atoms with Crippen molar-refractivity contribution < 1.29 is 18.3 Å². The van der Waals surface area contributed by atoms with Crippen LogP contribution in [0.3, 0.4) is 0 Å². The van der Waals surface area contributed by atoms with Crippen molar-refractivity contribution >= 4 is 5.91 Å². The first-order valence-electron chi connectivity index (χ1n) is 7.03.